The molecule has 100 valence electrons. The van der Waals surface area contributed by atoms with E-state index < -0.39 is 0 Å². The normalized spacial score (nSPS) is 14.2. The van der Waals surface area contributed by atoms with Crippen molar-refractivity contribution < 1.29 is 0 Å². The van der Waals surface area contributed by atoms with Gasteiger partial charge < -0.3 is 0 Å². The number of fused-ring (bicyclic) bond motifs is 1. The molecule has 1 aliphatic heterocycles. The Morgan fingerprint density at radius 3 is 2.55 bits per heavy atom. The van der Waals surface area contributed by atoms with Crippen molar-refractivity contribution in [3.8, 4) is 0 Å². The van der Waals surface area contributed by atoms with Gasteiger partial charge in [0.15, 0.2) is 0 Å². The molecule has 2 nitrogen and oxygen atoms in total. The number of nitrogens with zero attached hydrogens (tertiary/aromatic N) is 2. The van der Waals surface area contributed by atoms with E-state index in [0.717, 1.165) is 38.5 Å². The molecule has 0 aromatic heterocycles. The predicted molar refractivity (Wildman–Crippen MR) is 88.0 cm³/mol. The van der Waals surface area contributed by atoms with E-state index in [-0.39, 0.29) is 0 Å². The molecule has 0 amide bonds. The lowest BCUT2D eigenvalue weighted by Gasteiger charge is -2.10. The summed E-state index contributed by atoms with van der Waals surface area (Å²) >= 11 is 9.49. The molecule has 0 aliphatic carbocycles. The first-order valence-electron chi connectivity index (χ1n) is 6.29. The van der Waals surface area contributed by atoms with Gasteiger partial charge in [0, 0.05) is 32.8 Å². The van der Waals surface area contributed by atoms with Gasteiger partial charge in [-0.3, -0.25) is 0 Å². The minimum Gasteiger partial charge on any atom is -0.159 e. The molecule has 1 aliphatic rings. The van der Waals surface area contributed by atoms with E-state index in [4.69, 9.17) is 11.6 Å². The van der Waals surface area contributed by atoms with Crippen LogP contribution in [-0.4, -0.2) is 11.4 Å². The van der Waals surface area contributed by atoms with Crippen molar-refractivity contribution >= 4 is 39.0 Å². The highest BCUT2D eigenvalue weighted by Gasteiger charge is 2.16. The highest BCUT2D eigenvalue weighted by molar-refractivity contribution is 9.10. The number of hydrogen-bond acceptors (Lipinski definition) is 2. The third-order valence-corrected chi connectivity index (χ3v) is 3.96. The van der Waals surface area contributed by atoms with E-state index >= 15 is 0 Å². The van der Waals surface area contributed by atoms with Crippen LogP contribution in [0.25, 0.3) is 0 Å². The Kier molecular flexibility index (Phi) is 3.72. The summed E-state index contributed by atoms with van der Waals surface area (Å²) in [5, 5.41) is 9.45. The Labute approximate surface area is 131 Å². The van der Waals surface area contributed by atoms with Gasteiger partial charge in [-0.1, -0.05) is 45.7 Å². The average Bonchev–Trinajstić information content (AvgIpc) is 2.58. The first-order valence-corrected chi connectivity index (χ1v) is 7.46. The smallest absolute Gasteiger partial charge is 0.100 e. The average molecular weight is 348 g/mol. The predicted octanol–water partition coefficient (Wildman–Crippen LogP) is 4.87. The van der Waals surface area contributed by atoms with Crippen LogP contribution in [-0.2, 0) is 6.42 Å². The maximum Gasteiger partial charge on any atom is 0.100 e. The quantitative estimate of drug-likeness (QED) is 0.703. The van der Waals surface area contributed by atoms with Gasteiger partial charge in [0.1, 0.15) is 5.71 Å². The largest absolute Gasteiger partial charge is 0.159 e. The van der Waals surface area contributed by atoms with Crippen molar-refractivity contribution in [1.82, 2.24) is 0 Å². The van der Waals surface area contributed by atoms with E-state index in [1.54, 1.807) is 0 Å². The molecule has 0 fully saturated rings. The number of hydrogen-bond donors (Lipinski definition) is 0. The molecule has 4 heteroatoms. The van der Waals surface area contributed by atoms with Crippen LogP contribution in [0.5, 0.6) is 0 Å². The summed E-state index contributed by atoms with van der Waals surface area (Å²) in [6.07, 6.45) is 0.823. The maximum absolute atomic E-state index is 5.96. The highest BCUT2D eigenvalue weighted by Crippen LogP contribution is 2.24. The van der Waals surface area contributed by atoms with Crippen molar-refractivity contribution in [2.75, 3.05) is 0 Å². The second kappa shape index (κ2) is 5.51. The molecule has 0 saturated heterocycles. The van der Waals surface area contributed by atoms with Crippen molar-refractivity contribution in [1.29, 1.82) is 0 Å². The van der Waals surface area contributed by atoms with E-state index in [1.165, 1.54) is 5.56 Å². The van der Waals surface area contributed by atoms with Crippen molar-refractivity contribution in [2.24, 2.45) is 10.2 Å². The van der Waals surface area contributed by atoms with Crippen LogP contribution in [0.1, 0.15) is 23.6 Å². The number of halogens is 2. The van der Waals surface area contributed by atoms with Crippen LogP contribution in [0.2, 0.25) is 5.02 Å². The molecule has 2 aromatic rings. The Balaban J connectivity index is 2.19. The second-order valence-corrected chi connectivity index (χ2v) is 6.12. The van der Waals surface area contributed by atoms with Crippen LogP contribution in [0.15, 0.2) is 57.1 Å². The molecule has 3 rings (SSSR count). The molecule has 2 aromatic carbocycles. The Bertz CT molecular complexity index is 718. The zero-order valence-corrected chi connectivity index (χ0v) is 13.2. The first kappa shape index (κ1) is 13.5. The summed E-state index contributed by atoms with van der Waals surface area (Å²) in [6.45, 7) is 2.00. The van der Waals surface area contributed by atoms with E-state index in [1.807, 2.05) is 31.2 Å². The van der Waals surface area contributed by atoms with Crippen molar-refractivity contribution in [2.45, 2.75) is 13.3 Å². The third-order valence-electron chi connectivity index (χ3n) is 3.21. The van der Waals surface area contributed by atoms with E-state index in [9.17, 15) is 0 Å². The Hall–Kier alpha value is -1.45. The molecule has 0 saturated carbocycles. The summed E-state index contributed by atoms with van der Waals surface area (Å²) in [5.41, 5.74) is 5.27. The van der Waals surface area contributed by atoms with Crippen LogP contribution in [0, 0.1) is 0 Å². The SMILES string of the molecule is CC1=NN=C(c2ccc(Cl)cc2)c2cc(Br)ccc2C1. The number of benzene rings is 2. The van der Waals surface area contributed by atoms with Crippen LogP contribution in [0.3, 0.4) is 0 Å². The van der Waals surface area contributed by atoms with Crippen LogP contribution in [0.4, 0.5) is 0 Å². The third kappa shape index (κ3) is 2.69. The Morgan fingerprint density at radius 2 is 1.80 bits per heavy atom. The molecule has 0 unspecified atom stereocenters. The van der Waals surface area contributed by atoms with Gasteiger partial charge in [0.05, 0.1) is 0 Å². The van der Waals surface area contributed by atoms with Gasteiger partial charge in [-0.15, -0.1) is 5.10 Å². The number of rotatable bonds is 1. The molecule has 0 radical (unpaired) electrons. The fourth-order valence-corrected chi connectivity index (χ4v) is 2.73. The minimum atomic E-state index is 0.720. The fraction of sp³-hybridized carbons (Fsp3) is 0.125. The highest BCUT2D eigenvalue weighted by atomic mass is 79.9. The summed E-state index contributed by atoms with van der Waals surface area (Å²) in [4.78, 5) is 0. The summed E-state index contributed by atoms with van der Waals surface area (Å²) in [5.74, 6) is 0. The van der Waals surface area contributed by atoms with Crippen LogP contribution < -0.4 is 0 Å². The lowest BCUT2D eigenvalue weighted by molar-refractivity contribution is 1.20. The second-order valence-electron chi connectivity index (χ2n) is 4.77. The van der Waals surface area contributed by atoms with Gasteiger partial charge in [-0.25, -0.2) is 0 Å². The Morgan fingerprint density at radius 1 is 1.05 bits per heavy atom. The van der Waals surface area contributed by atoms with Crippen LogP contribution >= 0.6 is 27.5 Å². The first-order chi connectivity index (χ1) is 9.63. The molecule has 1 heterocycles. The van der Waals surface area contributed by atoms with Crippen molar-refractivity contribution in [3.05, 3.63) is 68.7 Å². The van der Waals surface area contributed by atoms with Gasteiger partial charge in [-0.05, 0) is 36.8 Å². The van der Waals surface area contributed by atoms with Gasteiger partial charge in [0.2, 0.25) is 0 Å². The molecule has 0 atom stereocenters. The lowest BCUT2D eigenvalue weighted by atomic mass is 9.95. The topological polar surface area (TPSA) is 24.7 Å². The monoisotopic (exact) mass is 346 g/mol. The molecule has 0 bridgehead atoms. The van der Waals surface area contributed by atoms with E-state index in [0.29, 0.717) is 0 Å². The minimum absolute atomic E-state index is 0.720. The molecule has 0 N–H and O–H groups in total. The zero-order valence-electron chi connectivity index (χ0n) is 10.9. The molecule has 20 heavy (non-hydrogen) atoms. The maximum atomic E-state index is 5.96. The van der Waals surface area contributed by atoms with Gasteiger partial charge in [0.25, 0.3) is 0 Å². The summed E-state index contributed by atoms with van der Waals surface area (Å²) in [6, 6.07) is 14.0. The van der Waals surface area contributed by atoms with Gasteiger partial charge in [-0.2, -0.15) is 5.10 Å². The van der Waals surface area contributed by atoms with Gasteiger partial charge >= 0.3 is 0 Å². The van der Waals surface area contributed by atoms with E-state index in [2.05, 4.69) is 44.3 Å². The molecule has 0 spiro atoms. The fourth-order valence-electron chi connectivity index (χ4n) is 2.24. The lowest BCUT2D eigenvalue weighted by Crippen LogP contribution is -2.06. The zero-order chi connectivity index (χ0) is 14.1. The summed E-state index contributed by atoms with van der Waals surface area (Å²) in [7, 11) is 0. The summed E-state index contributed by atoms with van der Waals surface area (Å²) < 4.78 is 1.04. The van der Waals surface area contributed by atoms with Crippen molar-refractivity contribution in [3.63, 3.8) is 0 Å². The molecular formula is C16H12BrClN2. The molecular weight excluding hydrogens is 336 g/mol. The standard InChI is InChI=1S/C16H12BrClN2/c1-10-8-12-2-5-13(17)9-15(12)16(20-19-10)11-3-6-14(18)7-4-11/h2-7,9H,8H2,1H3.